The van der Waals surface area contributed by atoms with Gasteiger partial charge in [0.2, 0.25) is 5.70 Å². The van der Waals surface area contributed by atoms with Gasteiger partial charge in [-0.25, -0.2) is 0 Å². The molecule has 158 valence electrons. The third kappa shape index (κ3) is 5.04. The number of methoxy groups -OCH3 is 1. The molecule has 0 saturated heterocycles. The second-order valence-electron chi connectivity index (χ2n) is 6.91. The summed E-state index contributed by atoms with van der Waals surface area (Å²) in [5, 5.41) is 27.9. The zero-order chi connectivity index (χ0) is 22.5. The van der Waals surface area contributed by atoms with E-state index in [1.165, 1.54) is 6.07 Å². The number of hydrogen-bond acceptors (Lipinski definition) is 5. The van der Waals surface area contributed by atoms with Crippen molar-refractivity contribution < 1.29 is 19.3 Å². The van der Waals surface area contributed by atoms with Crippen LogP contribution in [0.25, 0.3) is 11.5 Å². The van der Waals surface area contributed by atoms with Crippen LogP contribution in [0, 0.1) is 24.0 Å². The quantitative estimate of drug-likeness (QED) is 0.159. The normalized spacial score (nSPS) is 11.5. The maximum atomic E-state index is 13.5. The van der Waals surface area contributed by atoms with Gasteiger partial charge in [-0.05, 0) is 43.4 Å². The van der Waals surface area contributed by atoms with Gasteiger partial charge in [0.1, 0.15) is 5.75 Å². The van der Waals surface area contributed by atoms with Crippen LogP contribution in [-0.2, 0) is 0 Å². The number of aryl methyl sites for hydroxylation is 2. The van der Waals surface area contributed by atoms with Crippen molar-refractivity contribution in [3.63, 3.8) is 0 Å². The largest absolute Gasteiger partial charge is 0.867 e. The summed E-state index contributed by atoms with van der Waals surface area (Å²) < 4.78 is 6.86. The minimum absolute atomic E-state index is 0.119. The average molecular weight is 436 g/mol. The van der Waals surface area contributed by atoms with E-state index in [1.807, 2.05) is 13.0 Å². The molecule has 1 aromatic heterocycles. The fraction of sp³-hybridized carbons (Fsp3) is 0.130. The average Bonchev–Trinajstić information content (AvgIpc) is 2.74. The van der Waals surface area contributed by atoms with Gasteiger partial charge in [-0.3, -0.25) is 10.1 Å². The molecule has 0 saturated carbocycles. The summed E-state index contributed by atoms with van der Waals surface area (Å²) in [6.07, 6.45) is 3.48. The first kappa shape index (κ1) is 21.9. The molecule has 1 heterocycles. The molecule has 8 heteroatoms. The standard InChI is InChI=1S/C23H21N3O4S/c1-15-6-5-11-25(14-15)21(23(31)24-18-7-4-8-19(13-18)30-3)22(27)17-10-9-16(2)20(12-17)26(28)29/h4-14H,1-3H3,(H-,24,27,31). The fourth-order valence-corrected chi connectivity index (χ4v) is 3.36. The molecule has 0 bridgehead atoms. The zero-order valence-corrected chi connectivity index (χ0v) is 18.1. The lowest BCUT2D eigenvalue weighted by molar-refractivity contribution is -0.578. The minimum Gasteiger partial charge on any atom is -0.867 e. The number of nitro groups is 1. The Morgan fingerprint density at radius 1 is 1.13 bits per heavy atom. The number of nitrogens with zero attached hydrogens (tertiary/aromatic N) is 2. The Morgan fingerprint density at radius 2 is 1.90 bits per heavy atom. The molecule has 0 aliphatic heterocycles. The number of hydrogen-bond donors (Lipinski definition) is 1. The van der Waals surface area contributed by atoms with Crippen molar-refractivity contribution in [1.82, 2.24) is 0 Å². The third-order valence-electron chi connectivity index (χ3n) is 4.63. The van der Waals surface area contributed by atoms with Crippen LogP contribution >= 0.6 is 12.2 Å². The van der Waals surface area contributed by atoms with Gasteiger partial charge < -0.3 is 15.2 Å². The second-order valence-corrected chi connectivity index (χ2v) is 7.32. The van der Waals surface area contributed by atoms with Gasteiger partial charge in [0, 0.05) is 35.0 Å². The Balaban J connectivity index is 2.13. The van der Waals surface area contributed by atoms with E-state index in [-0.39, 0.29) is 21.9 Å². The van der Waals surface area contributed by atoms with Gasteiger partial charge in [0.15, 0.2) is 17.4 Å². The molecular weight excluding hydrogens is 414 g/mol. The van der Waals surface area contributed by atoms with E-state index in [9.17, 15) is 15.2 Å². The monoisotopic (exact) mass is 435 g/mol. The van der Waals surface area contributed by atoms with Gasteiger partial charge in [0.05, 0.1) is 12.0 Å². The molecule has 1 N–H and O–H groups in total. The predicted molar refractivity (Wildman–Crippen MR) is 122 cm³/mol. The molecule has 3 aromatic rings. The van der Waals surface area contributed by atoms with Gasteiger partial charge >= 0.3 is 0 Å². The van der Waals surface area contributed by atoms with E-state index in [0.29, 0.717) is 17.0 Å². The molecule has 0 aliphatic rings. The van der Waals surface area contributed by atoms with Crippen LogP contribution in [0.1, 0.15) is 16.7 Å². The third-order valence-corrected chi connectivity index (χ3v) is 4.93. The first-order valence-corrected chi connectivity index (χ1v) is 9.81. The molecule has 0 unspecified atom stereocenters. The Bertz CT molecular complexity index is 1190. The number of nitrogens with one attached hydrogen (secondary N) is 1. The Hall–Kier alpha value is -3.78. The molecule has 0 amide bonds. The van der Waals surface area contributed by atoms with Gasteiger partial charge in [0.25, 0.3) is 5.69 Å². The summed E-state index contributed by atoms with van der Waals surface area (Å²) in [6, 6.07) is 15.3. The number of thiocarbonyl (C=S) groups is 1. The SMILES string of the molecule is COc1cccc(NC(=S)/C(=C(\[O-])c2ccc(C)c([N+](=O)[O-])c2)[n+]2cccc(C)c2)c1. The molecule has 0 atom stereocenters. The first-order chi connectivity index (χ1) is 14.8. The molecule has 31 heavy (non-hydrogen) atoms. The smallest absolute Gasteiger partial charge is 0.272 e. The summed E-state index contributed by atoms with van der Waals surface area (Å²) in [5.74, 6) is 0.206. The predicted octanol–water partition coefficient (Wildman–Crippen LogP) is 3.63. The van der Waals surface area contributed by atoms with Crippen LogP contribution in [0.3, 0.4) is 0 Å². The van der Waals surface area contributed by atoms with E-state index < -0.39 is 10.7 Å². The molecule has 0 spiro atoms. The highest BCUT2D eigenvalue weighted by molar-refractivity contribution is 7.81. The first-order valence-electron chi connectivity index (χ1n) is 9.40. The van der Waals surface area contributed by atoms with Crippen molar-refractivity contribution in [2.75, 3.05) is 12.4 Å². The van der Waals surface area contributed by atoms with Gasteiger partial charge in [-0.1, -0.05) is 30.4 Å². The molecule has 0 fully saturated rings. The van der Waals surface area contributed by atoms with E-state index >= 15 is 0 Å². The van der Waals surface area contributed by atoms with Crippen molar-refractivity contribution in [1.29, 1.82) is 0 Å². The van der Waals surface area contributed by atoms with Gasteiger partial charge in [-0.15, -0.1) is 0 Å². The Morgan fingerprint density at radius 3 is 2.58 bits per heavy atom. The summed E-state index contributed by atoms with van der Waals surface area (Å²) in [4.78, 5) is 11.0. The molecule has 7 nitrogen and oxygen atoms in total. The lowest BCUT2D eigenvalue weighted by Crippen LogP contribution is -2.40. The van der Waals surface area contributed by atoms with Crippen molar-refractivity contribution in [3.05, 3.63) is 93.8 Å². The number of aromatic nitrogens is 1. The van der Waals surface area contributed by atoms with E-state index in [1.54, 1.807) is 73.5 Å². The molecule has 0 radical (unpaired) electrons. The highest BCUT2D eigenvalue weighted by Crippen LogP contribution is 2.25. The maximum Gasteiger partial charge on any atom is 0.272 e. The number of nitro benzene ring substituents is 1. The van der Waals surface area contributed by atoms with E-state index in [4.69, 9.17) is 17.0 Å². The summed E-state index contributed by atoms with van der Waals surface area (Å²) in [5.41, 5.74) is 2.29. The van der Waals surface area contributed by atoms with Crippen molar-refractivity contribution in [2.24, 2.45) is 0 Å². The number of benzene rings is 2. The van der Waals surface area contributed by atoms with Gasteiger partial charge in [-0.2, -0.15) is 4.57 Å². The van der Waals surface area contributed by atoms with Crippen LogP contribution in [0.2, 0.25) is 0 Å². The zero-order valence-electron chi connectivity index (χ0n) is 17.3. The molecule has 0 aliphatic carbocycles. The summed E-state index contributed by atoms with van der Waals surface area (Å²) in [7, 11) is 1.56. The molecule has 2 aromatic carbocycles. The van der Waals surface area contributed by atoms with Crippen molar-refractivity contribution in [3.8, 4) is 5.75 Å². The number of anilines is 1. The highest BCUT2D eigenvalue weighted by Gasteiger charge is 2.21. The van der Waals surface area contributed by atoms with Crippen LogP contribution < -0.4 is 19.7 Å². The van der Waals surface area contributed by atoms with Crippen LogP contribution in [0.4, 0.5) is 11.4 Å². The maximum absolute atomic E-state index is 13.5. The van der Waals surface area contributed by atoms with E-state index in [0.717, 1.165) is 5.56 Å². The number of ether oxygens (including phenoxy) is 1. The second kappa shape index (κ2) is 9.36. The summed E-state index contributed by atoms with van der Waals surface area (Å²) in [6.45, 7) is 3.52. The fourth-order valence-electron chi connectivity index (χ4n) is 3.04. The van der Waals surface area contributed by atoms with Crippen LogP contribution in [0.5, 0.6) is 5.75 Å². The van der Waals surface area contributed by atoms with Crippen LogP contribution in [-0.4, -0.2) is 17.0 Å². The highest BCUT2D eigenvalue weighted by atomic mass is 32.1. The van der Waals surface area contributed by atoms with Crippen molar-refractivity contribution >= 4 is 40.0 Å². The lowest BCUT2D eigenvalue weighted by Gasteiger charge is -2.17. The number of rotatable bonds is 6. The van der Waals surface area contributed by atoms with E-state index in [2.05, 4.69) is 5.32 Å². The van der Waals surface area contributed by atoms with Crippen molar-refractivity contribution in [2.45, 2.75) is 13.8 Å². The topological polar surface area (TPSA) is 91.3 Å². The Kier molecular flexibility index (Phi) is 6.61. The summed E-state index contributed by atoms with van der Waals surface area (Å²) >= 11 is 5.58. The molecular formula is C23H21N3O4S. The molecule has 3 rings (SSSR count). The minimum atomic E-state index is -0.502. The van der Waals surface area contributed by atoms with Crippen LogP contribution in [0.15, 0.2) is 67.0 Å². The lowest BCUT2D eigenvalue weighted by atomic mass is 10.1. The Labute approximate surface area is 185 Å². The number of pyridine rings is 1.